The Hall–Kier alpha value is -1.89. The van der Waals surface area contributed by atoms with Gasteiger partial charge in [0.1, 0.15) is 0 Å². The fourth-order valence-corrected chi connectivity index (χ4v) is 2.02. The number of hydrogen-bond donors (Lipinski definition) is 0. The molecule has 0 bridgehead atoms. The minimum absolute atomic E-state index is 0.785. The quantitative estimate of drug-likeness (QED) is 0.698. The van der Waals surface area contributed by atoms with E-state index in [-0.39, 0.29) is 0 Å². The van der Waals surface area contributed by atoms with Crippen LogP contribution in [0, 0.1) is 6.92 Å². The van der Waals surface area contributed by atoms with Gasteiger partial charge in [-0.15, -0.1) is 6.58 Å². The number of aromatic nitrogens is 1. The topological polar surface area (TPSA) is 12.9 Å². The fraction of sp³-hybridized carbons (Fsp3) is 0.133. The van der Waals surface area contributed by atoms with Crippen LogP contribution in [0.4, 0.5) is 0 Å². The second kappa shape index (κ2) is 4.31. The molecule has 1 heteroatoms. The maximum Gasteiger partial charge on any atom is 0.0708 e. The highest BCUT2D eigenvalue weighted by molar-refractivity contribution is 5.85. The van der Waals surface area contributed by atoms with Crippen molar-refractivity contribution in [2.24, 2.45) is 0 Å². The zero-order valence-corrected chi connectivity index (χ0v) is 9.53. The molecule has 0 spiro atoms. The van der Waals surface area contributed by atoms with Crippen LogP contribution in [0.1, 0.15) is 16.8 Å². The fourth-order valence-electron chi connectivity index (χ4n) is 2.02. The number of para-hydroxylation sites is 1. The summed E-state index contributed by atoms with van der Waals surface area (Å²) < 4.78 is 0. The predicted molar refractivity (Wildman–Crippen MR) is 70.5 cm³/mol. The van der Waals surface area contributed by atoms with Crippen molar-refractivity contribution in [3.05, 3.63) is 60.3 Å². The Kier molecular flexibility index (Phi) is 2.86. The lowest BCUT2D eigenvalue weighted by atomic mass is 10.0. The lowest BCUT2D eigenvalue weighted by molar-refractivity contribution is 1.12. The van der Waals surface area contributed by atoms with E-state index in [1.165, 1.54) is 10.9 Å². The second-order valence-electron chi connectivity index (χ2n) is 3.81. The van der Waals surface area contributed by atoms with E-state index >= 15 is 0 Å². The van der Waals surface area contributed by atoms with E-state index in [4.69, 9.17) is 0 Å². The van der Waals surface area contributed by atoms with Crippen molar-refractivity contribution < 1.29 is 0 Å². The lowest BCUT2D eigenvalue weighted by Gasteiger charge is -2.10. The van der Waals surface area contributed by atoms with Crippen LogP contribution in [0.25, 0.3) is 17.0 Å². The summed E-state index contributed by atoms with van der Waals surface area (Å²) in [5.41, 5.74) is 4.49. The van der Waals surface area contributed by atoms with Crippen molar-refractivity contribution >= 4 is 17.0 Å². The second-order valence-corrected chi connectivity index (χ2v) is 3.81. The van der Waals surface area contributed by atoms with Gasteiger partial charge in [-0.25, -0.2) is 0 Å². The molecule has 16 heavy (non-hydrogen) atoms. The molecule has 0 N–H and O–H groups in total. The number of hydrogen-bond acceptors (Lipinski definition) is 1. The molecule has 1 aromatic heterocycles. The Balaban J connectivity index is 2.80. The molecule has 2 rings (SSSR count). The monoisotopic (exact) mass is 209 g/mol. The number of rotatable bonds is 3. The van der Waals surface area contributed by atoms with Crippen LogP contribution >= 0.6 is 0 Å². The van der Waals surface area contributed by atoms with Crippen LogP contribution in [-0.2, 0) is 6.42 Å². The van der Waals surface area contributed by atoms with Gasteiger partial charge in [0.05, 0.1) is 11.2 Å². The number of pyridine rings is 1. The van der Waals surface area contributed by atoms with Gasteiger partial charge in [0.15, 0.2) is 0 Å². The van der Waals surface area contributed by atoms with E-state index < -0.39 is 0 Å². The molecule has 0 radical (unpaired) electrons. The molecular formula is C15H15N. The van der Waals surface area contributed by atoms with Crippen molar-refractivity contribution in [3.63, 3.8) is 0 Å². The van der Waals surface area contributed by atoms with Gasteiger partial charge in [0.25, 0.3) is 0 Å². The van der Waals surface area contributed by atoms with Gasteiger partial charge in [0, 0.05) is 11.8 Å². The van der Waals surface area contributed by atoms with E-state index in [0.29, 0.717) is 0 Å². The number of benzene rings is 1. The van der Waals surface area contributed by atoms with Crippen LogP contribution < -0.4 is 0 Å². The van der Waals surface area contributed by atoms with Crippen molar-refractivity contribution in [3.8, 4) is 0 Å². The molecule has 0 aliphatic carbocycles. The summed E-state index contributed by atoms with van der Waals surface area (Å²) in [6.45, 7) is 9.75. The molecule has 80 valence electrons. The van der Waals surface area contributed by atoms with Gasteiger partial charge < -0.3 is 0 Å². The lowest BCUT2D eigenvalue weighted by Crippen LogP contribution is -1.97. The van der Waals surface area contributed by atoms with E-state index in [1.807, 2.05) is 30.4 Å². The van der Waals surface area contributed by atoms with Crippen molar-refractivity contribution in [2.45, 2.75) is 13.3 Å². The third-order valence-corrected chi connectivity index (χ3v) is 2.82. The highest BCUT2D eigenvalue weighted by Gasteiger charge is 2.07. The highest BCUT2D eigenvalue weighted by Crippen LogP contribution is 2.23. The average Bonchev–Trinajstić information content (AvgIpc) is 2.30. The normalized spacial score (nSPS) is 10.3. The Morgan fingerprint density at radius 2 is 2.00 bits per heavy atom. The molecule has 1 nitrogen and oxygen atoms in total. The first-order chi connectivity index (χ1) is 7.77. The van der Waals surface area contributed by atoms with Crippen LogP contribution in [0.5, 0.6) is 0 Å². The molecule has 0 saturated heterocycles. The van der Waals surface area contributed by atoms with E-state index in [9.17, 15) is 0 Å². The van der Waals surface area contributed by atoms with E-state index in [1.54, 1.807) is 0 Å². The van der Waals surface area contributed by atoms with E-state index in [0.717, 1.165) is 23.2 Å². The van der Waals surface area contributed by atoms with Crippen molar-refractivity contribution in [1.82, 2.24) is 4.98 Å². The highest BCUT2D eigenvalue weighted by atomic mass is 14.7. The summed E-state index contributed by atoms with van der Waals surface area (Å²) in [5, 5.41) is 1.20. The molecule has 1 heterocycles. The summed E-state index contributed by atoms with van der Waals surface area (Å²) >= 11 is 0. The van der Waals surface area contributed by atoms with Crippen LogP contribution in [0.2, 0.25) is 0 Å². The molecular weight excluding hydrogens is 194 g/mol. The Bertz CT molecular complexity index is 553. The largest absolute Gasteiger partial charge is 0.252 e. The van der Waals surface area contributed by atoms with Gasteiger partial charge in [-0.05, 0) is 24.1 Å². The van der Waals surface area contributed by atoms with E-state index in [2.05, 4.69) is 31.1 Å². The Morgan fingerprint density at radius 1 is 1.25 bits per heavy atom. The molecule has 0 atom stereocenters. The van der Waals surface area contributed by atoms with Gasteiger partial charge in [0.2, 0.25) is 0 Å². The first-order valence-corrected chi connectivity index (χ1v) is 5.39. The summed E-state index contributed by atoms with van der Waals surface area (Å²) in [7, 11) is 0. The summed E-state index contributed by atoms with van der Waals surface area (Å²) in [6.07, 6.45) is 4.55. The average molecular weight is 209 g/mol. The minimum atomic E-state index is 0.785. The molecule has 1 aromatic carbocycles. The smallest absolute Gasteiger partial charge is 0.0708 e. The molecule has 0 aliphatic rings. The first kappa shape index (κ1) is 10.6. The molecule has 0 amide bonds. The number of fused-ring (bicyclic) bond motifs is 1. The van der Waals surface area contributed by atoms with Crippen molar-refractivity contribution in [1.29, 1.82) is 0 Å². The predicted octanol–water partition coefficient (Wildman–Crippen LogP) is 3.91. The van der Waals surface area contributed by atoms with Crippen molar-refractivity contribution in [2.75, 3.05) is 0 Å². The van der Waals surface area contributed by atoms with Gasteiger partial charge in [-0.3, -0.25) is 4.98 Å². The number of allylic oxidation sites excluding steroid dienone is 1. The third kappa shape index (κ3) is 1.65. The third-order valence-electron chi connectivity index (χ3n) is 2.82. The molecule has 0 fully saturated rings. The van der Waals surface area contributed by atoms with Gasteiger partial charge >= 0.3 is 0 Å². The van der Waals surface area contributed by atoms with Crippen LogP contribution in [0.15, 0.2) is 43.5 Å². The zero-order chi connectivity index (χ0) is 11.5. The maximum absolute atomic E-state index is 4.65. The zero-order valence-electron chi connectivity index (χ0n) is 9.53. The summed E-state index contributed by atoms with van der Waals surface area (Å²) in [6, 6.07) is 8.20. The SMILES string of the molecule is C=CCc1nc2ccccc2c(C)c1C=C. The number of nitrogens with zero attached hydrogens (tertiary/aromatic N) is 1. The maximum atomic E-state index is 4.65. The molecule has 2 aromatic rings. The van der Waals surface area contributed by atoms with Crippen LogP contribution in [0.3, 0.4) is 0 Å². The van der Waals surface area contributed by atoms with Gasteiger partial charge in [-0.2, -0.15) is 0 Å². The Labute approximate surface area is 96.1 Å². The molecule has 0 unspecified atom stereocenters. The minimum Gasteiger partial charge on any atom is -0.252 e. The molecule has 0 saturated carbocycles. The van der Waals surface area contributed by atoms with Crippen LogP contribution in [-0.4, -0.2) is 4.98 Å². The first-order valence-electron chi connectivity index (χ1n) is 5.39. The molecule has 0 aliphatic heterocycles. The standard InChI is InChI=1S/C15H15N/c1-4-8-14-12(5-2)11(3)13-9-6-7-10-15(13)16-14/h4-7,9-10H,1-2,8H2,3H3. The number of aryl methyl sites for hydroxylation is 1. The summed E-state index contributed by atoms with van der Waals surface area (Å²) in [4.78, 5) is 4.65. The van der Waals surface area contributed by atoms with Gasteiger partial charge in [-0.1, -0.05) is 36.9 Å². The Morgan fingerprint density at radius 3 is 2.69 bits per heavy atom. The summed E-state index contributed by atoms with van der Waals surface area (Å²) in [5.74, 6) is 0.